The molecule has 1 fully saturated rings. The minimum atomic E-state index is -1.55. The molecule has 1 rings (SSSR count). The fourth-order valence-electron chi connectivity index (χ4n) is 6.45. The van der Waals surface area contributed by atoms with E-state index in [-0.39, 0.29) is 12.5 Å². The van der Waals surface area contributed by atoms with Gasteiger partial charge in [0.15, 0.2) is 6.29 Å². The second-order valence-electron chi connectivity index (χ2n) is 14.1. The van der Waals surface area contributed by atoms with Crippen molar-refractivity contribution in [2.45, 2.75) is 224 Å². The van der Waals surface area contributed by atoms with Crippen LogP contribution in [0.1, 0.15) is 181 Å². The van der Waals surface area contributed by atoms with E-state index < -0.39 is 49.5 Å². The molecule has 6 N–H and O–H groups in total. The van der Waals surface area contributed by atoms with Gasteiger partial charge in [-0.05, 0) is 12.8 Å². The normalized spacial score (nSPS) is 22.7. The number of hydrogen-bond donors (Lipinski definition) is 6. The standard InChI is InChI=1S/C38H75NO8/c1-3-5-7-9-11-13-14-15-16-17-18-20-22-24-26-28-34(42)39-31(32(41)27-25-23-21-19-12-10-8-6-4-2)30-46-38-37(45)36(44)35(43)33(29-40)47-38/h31-33,35-38,40-41,43-45H,3-30H2,1-2H3,(H,39,42). The Morgan fingerprint density at radius 1 is 0.638 bits per heavy atom. The monoisotopic (exact) mass is 674 g/mol. The summed E-state index contributed by atoms with van der Waals surface area (Å²) in [6.45, 7) is 3.80. The summed E-state index contributed by atoms with van der Waals surface area (Å²) >= 11 is 0. The van der Waals surface area contributed by atoms with Gasteiger partial charge in [0.2, 0.25) is 5.91 Å². The lowest BCUT2D eigenvalue weighted by molar-refractivity contribution is -0.302. The lowest BCUT2D eigenvalue weighted by Gasteiger charge is -2.40. The molecule has 7 unspecified atom stereocenters. The van der Waals surface area contributed by atoms with Crippen LogP contribution in [0.5, 0.6) is 0 Å². The number of ether oxygens (including phenoxy) is 2. The van der Waals surface area contributed by atoms with Crippen LogP contribution in [0.4, 0.5) is 0 Å². The van der Waals surface area contributed by atoms with E-state index in [1.807, 2.05) is 0 Å². The molecule has 0 bridgehead atoms. The third kappa shape index (κ3) is 21.8. The first-order valence-electron chi connectivity index (χ1n) is 19.7. The van der Waals surface area contributed by atoms with Crippen LogP contribution in [0, 0.1) is 0 Å². The van der Waals surface area contributed by atoms with Gasteiger partial charge in [0, 0.05) is 6.42 Å². The first kappa shape index (κ1) is 44.2. The number of carbonyl (C=O) groups excluding carboxylic acids is 1. The van der Waals surface area contributed by atoms with E-state index in [0.717, 1.165) is 38.5 Å². The summed E-state index contributed by atoms with van der Waals surface area (Å²) < 4.78 is 11.2. The summed E-state index contributed by atoms with van der Waals surface area (Å²) in [5.74, 6) is -0.145. The molecular formula is C38H75NO8. The predicted molar refractivity (Wildman–Crippen MR) is 189 cm³/mol. The van der Waals surface area contributed by atoms with Crippen molar-refractivity contribution in [3.05, 3.63) is 0 Å². The van der Waals surface area contributed by atoms with Gasteiger partial charge in [-0.15, -0.1) is 0 Å². The fourth-order valence-corrected chi connectivity index (χ4v) is 6.45. The minimum absolute atomic E-state index is 0.133. The van der Waals surface area contributed by atoms with Gasteiger partial charge < -0.3 is 40.3 Å². The largest absolute Gasteiger partial charge is 0.394 e. The third-order valence-electron chi connectivity index (χ3n) is 9.71. The van der Waals surface area contributed by atoms with Crippen LogP contribution in [0.25, 0.3) is 0 Å². The van der Waals surface area contributed by atoms with E-state index in [2.05, 4.69) is 19.2 Å². The Morgan fingerprint density at radius 3 is 1.51 bits per heavy atom. The Labute approximate surface area is 287 Å². The highest BCUT2D eigenvalue weighted by molar-refractivity contribution is 5.76. The second-order valence-corrected chi connectivity index (χ2v) is 14.1. The van der Waals surface area contributed by atoms with E-state index in [1.165, 1.54) is 116 Å². The maximum absolute atomic E-state index is 12.9. The quantitative estimate of drug-likeness (QED) is 0.0426. The molecule has 0 radical (unpaired) electrons. The van der Waals surface area contributed by atoms with Crippen LogP contribution in [-0.4, -0.2) is 87.5 Å². The van der Waals surface area contributed by atoms with Gasteiger partial charge >= 0.3 is 0 Å². The molecule has 1 aliphatic heterocycles. The number of hydrogen-bond acceptors (Lipinski definition) is 8. The molecule has 0 aliphatic carbocycles. The second kappa shape index (κ2) is 30.1. The number of rotatable bonds is 32. The molecule has 47 heavy (non-hydrogen) atoms. The van der Waals surface area contributed by atoms with Crippen LogP contribution in [0.3, 0.4) is 0 Å². The first-order chi connectivity index (χ1) is 22.8. The summed E-state index contributed by atoms with van der Waals surface area (Å²) in [7, 11) is 0. The lowest BCUT2D eigenvalue weighted by Crippen LogP contribution is -2.60. The lowest BCUT2D eigenvalue weighted by atomic mass is 9.99. The molecule has 0 saturated carbocycles. The third-order valence-corrected chi connectivity index (χ3v) is 9.71. The number of unbranched alkanes of at least 4 members (excludes halogenated alkanes) is 22. The number of carbonyl (C=O) groups is 1. The Kier molecular flexibility index (Phi) is 28.3. The molecule has 280 valence electrons. The smallest absolute Gasteiger partial charge is 0.220 e. The van der Waals surface area contributed by atoms with Crippen molar-refractivity contribution in [3.63, 3.8) is 0 Å². The van der Waals surface area contributed by atoms with E-state index in [1.54, 1.807) is 0 Å². The van der Waals surface area contributed by atoms with Crippen LogP contribution >= 0.6 is 0 Å². The zero-order chi connectivity index (χ0) is 34.5. The van der Waals surface area contributed by atoms with Crippen LogP contribution in [0.2, 0.25) is 0 Å². The van der Waals surface area contributed by atoms with Gasteiger partial charge in [-0.25, -0.2) is 0 Å². The highest BCUT2D eigenvalue weighted by Gasteiger charge is 2.44. The average molecular weight is 674 g/mol. The topological polar surface area (TPSA) is 149 Å². The highest BCUT2D eigenvalue weighted by atomic mass is 16.7. The summed E-state index contributed by atoms with van der Waals surface area (Å²) in [4.78, 5) is 12.9. The fraction of sp³-hybridized carbons (Fsp3) is 0.974. The van der Waals surface area contributed by atoms with E-state index in [0.29, 0.717) is 12.8 Å². The molecule has 0 aromatic heterocycles. The van der Waals surface area contributed by atoms with E-state index >= 15 is 0 Å². The predicted octanol–water partition coefficient (Wildman–Crippen LogP) is 6.83. The van der Waals surface area contributed by atoms with Gasteiger partial charge in [-0.3, -0.25) is 4.79 Å². The van der Waals surface area contributed by atoms with Gasteiger partial charge in [0.1, 0.15) is 24.4 Å². The van der Waals surface area contributed by atoms with Crippen molar-refractivity contribution < 1.29 is 39.8 Å². The Bertz CT molecular complexity index is 711. The molecule has 9 nitrogen and oxygen atoms in total. The van der Waals surface area contributed by atoms with Crippen molar-refractivity contribution >= 4 is 5.91 Å². The van der Waals surface area contributed by atoms with Crippen molar-refractivity contribution in [2.24, 2.45) is 0 Å². The molecular weight excluding hydrogens is 598 g/mol. The van der Waals surface area contributed by atoms with Crippen molar-refractivity contribution in [3.8, 4) is 0 Å². The summed E-state index contributed by atoms with van der Waals surface area (Å²) in [5.41, 5.74) is 0. The van der Waals surface area contributed by atoms with Crippen molar-refractivity contribution in [1.29, 1.82) is 0 Å². The maximum atomic E-state index is 12.9. The summed E-state index contributed by atoms with van der Waals surface area (Å²) in [6, 6.07) is -0.708. The Hall–Kier alpha value is -0.810. The molecule has 0 spiro atoms. The van der Waals surface area contributed by atoms with E-state index in [4.69, 9.17) is 9.47 Å². The van der Waals surface area contributed by atoms with Gasteiger partial charge in [-0.2, -0.15) is 0 Å². The molecule has 1 amide bonds. The molecule has 7 atom stereocenters. The number of amides is 1. The molecule has 1 heterocycles. The van der Waals surface area contributed by atoms with Crippen molar-refractivity contribution in [2.75, 3.05) is 13.2 Å². The van der Waals surface area contributed by atoms with E-state index in [9.17, 15) is 30.3 Å². The highest BCUT2D eigenvalue weighted by Crippen LogP contribution is 2.23. The minimum Gasteiger partial charge on any atom is -0.394 e. The van der Waals surface area contributed by atoms with Crippen LogP contribution < -0.4 is 5.32 Å². The maximum Gasteiger partial charge on any atom is 0.220 e. The van der Waals surface area contributed by atoms with Gasteiger partial charge in [0.05, 0.1) is 25.4 Å². The number of aliphatic hydroxyl groups is 5. The summed E-state index contributed by atoms with van der Waals surface area (Å²) in [6.07, 6.45) is 22.6. The SMILES string of the molecule is CCCCCCCCCCCCCCCCCC(=O)NC(COC1OC(CO)C(O)C(O)C1O)C(O)CCCCCCCCCCC. The van der Waals surface area contributed by atoms with Gasteiger partial charge in [-0.1, -0.05) is 162 Å². The number of nitrogens with one attached hydrogen (secondary N) is 1. The average Bonchev–Trinajstić information content (AvgIpc) is 3.07. The Balaban J connectivity index is 2.37. The number of aliphatic hydroxyl groups excluding tert-OH is 5. The zero-order valence-corrected chi connectivity index (χ0v) is 30.3. The molecule has 0 aromatic rings. The van der Waals surface area contributed by atoms with Crippen LogP contribution in [0.15, 0.2) is 0 Å². The Morgan fingerprint density at radius 2 is 1.06 bits per heavy atom. The van der Waals surface area contributed by atoms with Crippen molar-refractivity contribution in [1.82, 2.24) is 5.32 Å². The first-order valence-corrected chi connectivity index (χ1v) is 19.7. The summed E-state index contributed by atoms with van der Waals surface area (Å²) in [5, 5.41) is 54.0. The van der Waals surface area contributed by atoms with Gasteiger partial charge in [0.25, 0.3) is 0 Å². The molecule has 1 aliphatic rings. The van der Waals surface area contributed by atoms with Crippen LogP contribution in [-0.2, 0) is 14.3 Å². The molecule has 1 saturated heterocycles. The zero-order valence-electron chi connectivity index (χ0n) is 30.3. The molecule has 9 heteroatoms. The molecule has 0 aromatic carbocycles.